The number of halogens is 2. The first kappa shape index (κ1) is 35.5. The Balaban J connectivity index is 1.57. The molecule has 1 fully saturated rings. The summed E-state index contributed by atoms with van der Waals surface area (Å²) in [7, 11) is -1.56. The maximum Gasteiger partial charge on any atom is 0.337 e. The van der Waals surface area contributed by atoms with E-state index in [2.05, 4.69) is 0 Å². The minimum absolute atomic E-state index is 0.0998. The molecule has 3 aromatic carbocycles. The Morgan fingerprint density at radius 3 is 2.28 bits per heavy atom. The van der Waals surface area contributed by atoms with Gasteiger partial charge in [0.15, 0.2) is 0 Å². The number of aromatic nitrogens is 2. The Bertz CT molecular complexity index is 2260. The zero-order valence-electron chi connectivity index (χ0n) is 28.1. The van der Waals surface area contributed by atoms with Gasteiger partial charge in [0.2, 0.25) is 10.0 Å². The van der Waals surface area contributed by atoms with Crippen molar-refractivity contribution in [2.45, 2.75) is 51.7 Å². The van der Waals surface area contributed by atoms with Crippen molar-refractivity contribution < 1.29 is 22.0 Å². The van der Waals surface area contributed by atoms with E-state index in [0.29, 0.717) is 42.1 Å². The van der Waals surface area contributed by atoms with Crippen molar-refractivity contribution in [2.75, 3.05) is 26.4 Å². The number of hydrogen-bond donors (Lipinski definition) is 0. The van der Waals surface area contributed by atoms with Crippen LogP contribution in [0.4, 0.5) is 8.78 Å². The second kappa shape index (κ2) is 14.5. The number of Topliss-reactive ketones (excluding diaryl/α,β-unsaturated/α-hetero) is 1. The van der Waals surface area contributed by atoms with Crippen molar-refractivity contribution >= 4 is 37.4 Å². The monoisotopic (exact) mass is 720 g/mol. The average Bonchev–Trinajstić information content (AvgIpc) is 3.70. The largest absolute Gasteiger partial charge is 0.337 e. The number of thiophene rings is 1. The van der Waals surface area contributed by atoms with Gasteiger partial charge in [0.25, 0.3) is 5.56 Å². The fourth-order valence-corrected chi connectivity index (χ4v) is 9.16. The third kappa shape index (κ3) is 7.13. The van der Waals surface area contributed by atoms with E-state index >= 15 is 8.78 Å². The van der Waals surface area contributed by atoms with Gasteiger partial charge in [-0.25, -0.2) is 26.6 Å². The molecule has 6 rings (SSSR count). The Morgan fingerprint density at radius 1 is 0.960 bits per heavy atom. The third-order valence-corrected chi connectivity index (χ3v) is 11.8. The van der Waals surface area contributed by atoms with Gasteiger partial charge in [-0.2, -0.15) is 4.31 Å². The Morgan fingerprint density at radius 2 is 1.64 bits per heavy atom. The minimum Gasteiger partial charge on any atom is -0.300 e. The van der Waals surface area contributed by atoms with Crippen molar-refractivity contribution in [1.29, 1.82) is 0 Å². The molecule has 3 heterocycles. The van der Waals surface area contributed by atoms with Crippen LogP contribution >= 0.6 is 11.3 Å². The van der Waals surface area contributed by atoms with E-state index < -0.39 is 39.5 Å². The zero-order chi connectivity index (χ0) is 35.7. The van der Waals surface area contributed by atoms with E-state index in [4.69, 9.17) is 0 Å². The molecule has 5 aromatic rings. The number of carbonyl (C=O) groups excluding carboxylic acids is 1. The summed E-state index contributed by atoms with van der Waals surface area (Å²) < 4.78 is 58.9. The number of ketones is 1. The molecule has 0 radical (unpaired) electrons. The molecule has 50 heavy (non-hydrogen) atoms. The molecule has 1 aliphatic rings. The molecule has 2 aromatic heterocycles. The van der Waals surface area contributed by atoms with Gasteiger partial charge in [-0.05, 0) is 60.8 Å². The number of benzene rings is 3. The first-order valence-corrected chi connectivity index (χ1v) is 19.1. The molecule has 0 unspecified atom stereocenters. The average molecular weight is 721 g/mol. The van der Waals surface area contributed by atoms with Crippen LogP contribution in [0.3, 0.4) is 0 Å². The number of nitrogens with zero attached hydrogens (tertiary/aromatic N) is 4. The lowest BCUT2D eigenvalue weighted by Gasteiger charge is -2.27. The molecule has 0 saturated carbocycles. The summed E-state index contributed by atoms with van der Waals surface area (Å²) in [4.78, 5) is 43.8. The van der Waals surface area contributed by atoms with Crippen molar-refractivity contribution in [3.05, 3.63) is 122 Å². The van der Waals surface area contributed by atoms with Gasteiger partial charge in [-0.1, -0.05) is 55.5 Å². The highest BCUT2D eigenvalue weighted by Crippen LogP contribution is 2.38. The van der Waals surface area contributed by atoms with Gasteiger partial charge in [0.05, 0.1) is 23.9 Å². The molecule has 0 bridgehead atoms. The maximum atomic E-state index is 15.1. The van der Waals surface area contributed by atoms with Gasteiger partial charge >= 0.3 is 5.69 Å². The Kier molecular flexibility index (Phi) is 10.3. The molecule has 9 nitrogen and oxygen atoms in total. The molecular formula is C37H38F2N4O5S2. The minimum atomic E-state index is -3.42. The summed E-state index contributed by atoms with van der Waals surface area (Å²) in [5.41, 5.74) is 0.854. The van der Waals surface area contributed by atoms with Crippen LogP contribution in [-0.2, 0) is 34.3 Å². The highest BCUT2D eigenvalue weighted by atomic mass is 32.2. The predicted molar refractivity (Wildman–Crippen MR) is 192 cm³/mol. The Hall–Kier alpha value is -4.30. The summed E-state index contributed by atoms with van der Waals surface area (Å²) >= 11 is 1.19. The maximum absolute atomic E-state index is 15.1. The van der Waals surface area contributed by atoms with Crippen LogP contribution in [0.15, 0.2) is 82.4 Å². The summed E-state index contributed by atoms with van der Waals surface area (Å²) in [6, 6.07) is 19.1. The molecule has 1 atom stereocenters. The van der Waals surface area contributed by atoms with Crippen LogP contribution in [0.1, 0.15) is 42.9 Å². The second-order valence-electron chi connectivity index (χ2n) is 12.8. The lowest BCUT2D eigenvalue weighted by molar-refractivity contribution is -0.118. The van der Waals surface area contributed by atoms with E-state index in [0.717, 1.165) is 34.2 Å². The second-order valence-corrected chi connectivity index (χ2v) is 15.7. The molecule has 0 amide bonds. The number of fused-ring (bicyclic) bond motifs is 1. The molecule has 262 valence electrons. The van der Waals surface area contributed by atoms with E-state index in [1.54, 1.807) is 30.3 Å². The third-order valence-electron chi connectivity index (χ3n) is 9.18. The number of rotatable bonds is 12. The van der Waals surface area contributed by atoms with Gasteiger partial charge in [-0.3, -0.25) is 14.2 Å². The van der Waals surface area contributed by atoms with Crippen molar-refractivity contribution in [3.63, 3.8) is 0 Å². The molecule has 1 aliphatic heterocycles. The van der Waals surface area contributed by atoms with Crippen molar-refractivity contribution in [1.82, 2.24) is 18.3 Å². The van der Waals surface area contributed by atoms with Gasteiger partial charge in [-0.15, -0.1) is 11.3 Å². The van der Waals surface area contributed by atoms with Gasteiger partial charge in [0, 0.05) is 49.0 Å². The molecular weight excluding hydrogens is 683 g/mol. The van der Waals surface area contributed by atoms with Crippen LogP contribution < -0.4 is 11.2 Å². The number of likely N-dealkylation sites (N-methyl/N-ethyl adjacent to an activating group) is 1. The predicted octanol–water partition coefficient (Wildman–Crippen LogP) is 5.58. The van der Waals surface area contributed by atoms with Gasteiger partial charge < -0.3 is 4.90 Å². The lowest BCUT2D eigenvalue weighted by Crippen LogP contribution is -2.41. The van der Waals surface area contributed by atoms with E-state index in [1.807, 2.05) is 43.1 Å². The summed E-state index contributed by atoms with van der Waals surface area (Å²) in [6.45, 7) is 2.41. The highest BCUT2D eigenvalue weighted by Gasteiger charge is 2.33. The molecule has 1 saturated heterocycles. The Labute approximate surface area is 293 Å². The summed E-state index contributed by atoms with van der Waals surface area (Å²) in [5.74, 6) is -1.53. The molecule has 13 heteroatoms. The normalized spacial score (nSPS) is 15.4. The lowest BCUT2D eigenvalue weighted by atomic mass is 10.0. The fourth-order valence-electron chi connectivity index (χ4n) is 6.69. The van der Waals surface area contributed by atoms with Crippen molar-refractivity contribution in [3.8, 4) is 16.1 Å². The van der Waals surface area contributed by atoms with Crippen LogP contribution in [0.2, 0.25) is 0 Å². The van der Waals surface area contributed by atoms with E-state index in [1.165, 1.54) is 32.5 Å². The first-order chi connectivity index (χ1) is 23.9. The van der Waals surface area contributed by atoms with Crippen LogP contribution in [0, 0.1) is 11.6 Å². The van der Waals surface area contributed by atoms with Crippen molar-refractivity contribution in [2.24, 2.45) is 0 Å². The molecule has 0 N–H and O–H groups in total. The summed E-state index contributed by atoms with van der Waals surface area (Å²) in [6.07, 6.45) is 3.34. The fraction of sp³-hybridized carbons (Fsp3) is 0.324. The number of para-hydroxylation sites is 1. The molecule has 0 spiro atoms. The number of sulfonamides is 1. The van der Waals surface area contributed by atoms with E-state index in [-0.39, 0.29) is 40.6 Å². The van der Waals surface area contributed by atoms with Crippen LogP contribution in [0.25, 0.3) is 26.3 Å². The quantitative estimate of drug-likeness (QED) is 0.167. The first-order valence-electron chi connectivity index (χ1n) is 16.4. The van der Waals surface area contributed by atoms with Crippen LogP contribution in [0.5, 0.6) is 0 Å². The topological polar surface area (TPSA) is 102 Å². The molecule has 0 aliphatic carbocycles. The van der Waals surface area contributed by atoms with Gasteiger partial charge in [0.1, 0.15) is 22.2 Å². The number of carbonyl (C=O) groups is 1. The van der Waals surface area contributed by atoms with Crippen LogP contribution in [-0.4, -0.2) is 65.0 Å². The highest BCUT2D eigenvalue weighted by molar-refractivity contribution is 7.88. The number of hydrogen-bond acceptors (Lipinski definition) is 7. The SMILES string of the molecule is CCC(=O)Cc1ccc(-c2sc3c(c2CN(C)C[C@H]2CCCN2S(C)(=O)=O)c(=O)n(-c2ccccc2)c(=O)n3Cc2c(F)cccc2F)cc1. The zero-order valence-corrected chi connectivity index (χ0v) is 29.7. The smallest absolute Gasteiger partial charge is 0.300 e. The van der Waals surface area contributed by atoms with E-state index in [9.17, 15) is 22.8 Å². The summed E-state index contributed by atoms with van der Waals surface area (Å²) in [5, 5.41) is 0.230. The standard InChI is InChI=1S/C37H38F2N4O5S2/c1-4-28(44)20-24-15-17-25(18-16-24)34-30(22-40(2)21-27-12-9-19-42(27)50(3,47)48)33-35(45)43(26-10-6-5-7-11-26)37(46)41(36(33)49-34)23-29-31(38)13-8-14-32(29)39/h5-8,10-11,13-18,27H,4,9,12,19-23H2,1-3H3/t27-/m1/s1.